The van der Waals surface area contributed by atoms with Gasteiger partial charge in [0.2, 0.25) is 9.84 Å². The molecule has 0 bridgehead atoms. The lowest BCUT2D eigenvalue weighted by Crippen LogP contribution is -2.06. The molecule has 0 saturated carbocycles. The highest BCUT2D eigenvalue weighted by atomic mass is 32.2. The molecule has 0 atom stereocenters. The van der Waals surface area contributed by atoms with Crippen LogP contribution in [0.25, 0.3) is 11.1 Å². The van der Waals surface area contributed by atoms with E-state index in [1.54, 1.807) is 18.3 Å². The van der Waals surface area contributed by atoms with Gasteiger partial charge in [0, 0.05) is 18.3 Å². The Balaban J connectivity index is 1.95. The lowest BCUT2D eigenvalue weighted by atomic mass is 10.1. The summed E-state index contributed by atoms with van der Waals surface area (Å²) in [5.41, 5.74) is 1.93. The van der Waals surface area contributed by atoms with Crippen molar-refractivity contribution in [3.8, 4) is 16.9 Å². The van der Waals surface area contributed by atoms with E-state index in [-0.39, 0.29) is 16.2 Å². The van der Waals surface area contributed by atoms with E-state index in [2.05, 4.69) is 18.9 Å². The van der Waals surface area contributed by atoms with Crippen molar-refractivity contribution >= 4 is 15.8 Å². The van der Waals surface area contributed by atoms with Crippen molar-refractivity contribution in [2.75, 3.05) is 7.11 Å². The standard InChI is InChI=1S/C23H26N2O5S/c1-16(2)7-8-25-15-19(14-24-25)18-5-4-6-21(12-18)31(28,29)22-10-17(11-23(26)27)9-20(13-22)30-3/h4-6,9-10,12-16H,7-8,11H2,1-3H3,(H,26,27). The van der Waals surface area contributed by atoms with Gasteiger partial charge in [0.15, 0.2) is 0 Å². The maximum absolute atomic E-state index is 13.3. The molecule has 164 valence electrons. The number of hydrogen-bond donors (Lipinski definition) is 1. The molecular weight excluding hydrogens is 416 g/mol. The van der Waals surface area contributed by atoms with Crippen LogP contribution in [0.4, 0.5) is 0 Å². The molecule has 0 spiro atoms. The Bertz CT molecular complexity index is 1180. The van der Waals surface area contributed by atoms with Gasteiger partial charge >= 0.3 is 5.97 Å². The van der Waals surface area contributed by atoms with Gasteiger partial charge in [0.1, 0.15) is 5.75 Å². The fourth-order valence-electron chi connectivity index (χ4n) is 3.18. The normalized spacial score (nSPS) is 11.6. The number of aryl methyl sites for hydroxylation is 1. The number of hydrogen-bond acceptors (Lipinski definition) is 5. The highest BCUT2D eigenvalue weighted by molar-refractivity contribution is 7.91. The van der Waals surface area contributed by atoms with E-state index in [1.807, 2.05) is 16.9 Å². The molecule has 0 amide bonds. The Morgan fingerprint density at radius 1 is 1.13 bits per heavy atom. The van der Waals surface area contributed by atoms with E-state index >= 15 is 0 Å². The number of carboxylic acids is 1. The number of benzene rings is 2. The maximum Gasteiger partial charge on any atom is 0.307 e. The minimum atomic E-state index is -3.88. The molecule has 0 radical (unpaired) electrons. The van der Waals surface area contributed by atoms with Crippen molar-refractivity contribution in [2.24, 2.45) is 5.92 Å². The number of ether oxygens (including phenoxy) is 1. The number of sulfone groups is 1. The molecule has 7 nitrogen and oxygen atoms in total. The Morgan fingerprint density at radius 2 is 1.90 bits per heavy atom. The summed E-state index contributed by atoms with van der Waals surface area (Å²) in [6.07, 6.45) is 4.34. The Kier molecular flexibility index (Phi) is 6.80. The third-order valence-electron chi connectivity index (χ3n) is 4.89. The summed E-state index contributed by atoms with van der Waals surface area (Å²) >= 11 is 0. The molecule has 3 aromatic rings. The summed E-state index contributed by atoms with van der Waals surface area (Å²) < 4.78 is 33.6. The predicted octanol–water partition coefficient (Wildman–Crippen LogP) is 4.06. The topological polar surface area (TPSA) is 98.5 Å². The van der Waals surface area contributed by atoms with Crippen LogP contribution in [0.5, 0.6) is 5.75 Å². The summed E-state index contributed by atoms with van der Waals surface area (Å²) in [6.45, 7) is 5.10. The molecule has 0 aliphatic rings. The summed E-state index contributed by atoms with van der Waals surface area (Å²) in [4.78, 5) is 11.2. The van der Waals surface area contributed by atoms with Gasteiger partial charge in [-0.3, -0.25) is 9.48 Å². The van der Waals surface area contributed by atoms with E-state index in [4.69, 9.17) is 9.84 Å². The largest absolute Gasteiger partial charge is 0.497 e. The molecule has 0 aliphatic carbocycles. The summed E-state index contributed by atoms with van der Waals surface area (Å²) in [7, 11) is -2.46. The minimum absolute atomic E-state index is 0.00659. The average Bonchev–Trinajstić information content (AvgIpc) is 3.20. The second kappa shape index (κ2) is 9.34. The minimum Gasteiger partial charge on any atom is -0.497 e. The smallest absolute Gasteiger partial charge is 0.307 e. The number of carbonyl (C=O) groups is 1. The number of rotatable bonds is 9. The van der Waals surface area contributed by atoms with Crippen molar-refractivity contribution in [3.05, 3.63) is 60.4 Å². The van der Waals surface area contributed by atoms with Crippen LogP contribution in [0, 0.1) is 5.92 Å². The monoisotopic (exact) mass is 442 g/mol. The molecule has 1 aromatic heterocycles. The third kappa shape index (κ3) is 5.52. The van der Waals surface area contributed by atoms with Gasteiger partial charge < -0.3 is 9.84 Å². The Labute approximate surface area is 182 Å². The number of methoxy groups -OCH3 is 1. The lowest BCUT2D eigenvalue weighted by Gasteiger charge is -2.10. The van der Waals surface area contributed by atoms with E-state index in [0.29, 0.717) is 17.2 Å². The van der Waals surface area contributed by atoms with Crippen LogP contribution in [0.2, 0.25) is 0 Å². The zero-order valence-electron chi connectivity index (χ0n) is 17.8. The van der Waals surface area contributed by atoms with Gasteiger partial charge in [-0.15, -0.1) is 0 Å². The second-order valence-electron chi connectivity index (χ2n) is 7.79. The molecule has 31 heavy (non-hydrogen) atoms. The lowest BCUT2D eigenvalue weighted by molar-refractivity contribution is -0.136. The maximum atomic E-state index is 13.3. The third-order valence-corrected chi connectivity index (χ3v) is 6.62. The van der Waals surface area contributed by atoms with Crippen molar-refractivity contribution in [2.45, 2.75) is 43.0 Å². The molecular formula is C23H26N2O5S. The first-order valence-electron chi connectivity index (χ1n) is 9.97. The van der Waals surface area contributed by atoms with Gasteiger partial charge in [-0.25, -0.2) is 8.42 Å². The first-order valence-corrected chi connectivity index (χ1v) is 11.4. The predicted molar refractivity (Wildman–Crippen MR) is 117 cm³/mol. The number of carboxylic acid groups (broad SMARTS) is 1. The van der Waals surface area contributed by atoms with Crippen LogP contribution >= 0.6 is 0 Å². The fourth-order valence-corrected chi connectivity index (χ4v) is 4.57. The zero-order chi connectivity index (χ0) is 22.6. The zero-order valence-corrected chi connectivity index (χ0v) is 18.6. The van der Waals surface area contributed by atoms with Crippen molar-refractivity contribution in [1.82, 2.24) is 9.78 Å². The van der Waals surface area contributed by atoms with Crippen LogP contribution in [0.1, 0.15) is 25.8 Å². The quantitative estimate of drug-likeness (QED) is 0.536. The van der Waals surface area contributed by atoms with E-state index in [1.165, 1.54) is 31.4 Å². The number of aliphatic carboxylic acids is 1. The first-order chi connectivity index (χ1) is 14.7. The number of aromatic nitrogens is 2. The van der Waals surface area contributed by atoms with Crippen LogP contribution in [-0.4, -0.2) is 36.4 Å². The molecule has 0 fully saturated rings. The van der Waals surface area contributed by atoms with Crippen LogP contribution in [0.15, 0.2) is 64.6 Å². The number of nitrogens with zero attached hydrogens (tertiary/aromatic N) is 2. The van der Waals surface area contributed by atoms with E-state index < -0.39 is 15.8 Å². The summed E-state index contributed by atoms with van der Waals surface area (Å²) in [5, 5.41) is 13.4. The highest BCUT2D eigenvalue weighted by Crippen LogP contribution is 2.29. The Morgan fingerprint density at radius 3 is 2.58 bits per heavy atom. The Hall–Kier alpha value is -3.13. The molecule has 0 unspecified atom stereocenters. The van der Waals surface area contributed by atoms with E-state index in [9.17, 15) is 13.2 Å². The molecule has 2 aromatic carbocycles. The van der Waals surface area contributed by atoms with Crippen molar-refractivity contribution < 1.29 is 23.1 Å². The fraction of sp³-hybridized carbons (Fsp3) is 0.304. The highest BCUT2D eigenvalue weighted by Gasteiger charge is 2.21. The molecule has 0 saturated heterocycles. The van der Waals surface area contributed by atoms with Crippen LogP contribution in [0.3, 0.4) is 0 Å². The second-order valence-corrected chi connectivity index (χ2v) is 9.74. The van der Waals surface area contributed by atoms with E-state index in [0.717, 1.165) is 24.1 Å². The molecule has 3 rings (SSSR count). The summed E-state index contributed by atoms with van der Waals surface area (Å²) in [5.74, 6) is -0.192. The first kappa shape index (κ1) is 22.6. The molecule has 8 heteroatoms. The molecule has 0 aliphatic heterocycles. The van der Waals surface area contributed by atoms with Crippen LogP contribution < -0.4 is 4.74 Å². The van der Waals surface area contributed by atoms with Gasteiger partial charge in [-0.1, -0.05) is 26.0 Å². The van der Waals surface area contributed by atoms with Gasteiger partial charge in [-0.2, -0.15) is 5.10 Å². The molecule has 1 heterocycles. The van der Waals surface area contributed by atoms with Gasteiger partial charge in [0.05, 0.1) is 29.5 Å². The SMILES string of the molecule is COc1cc(CC(=O)O)cc(S(=O)(=O)c2cccc(-c3cnn(CCC(C)C)c3)c2)c1. The van der Waals surface area contributed by atoms with Crippen molar-refractivity contribution in [1.29, 1.82) is 0 Å². The average molecular weight is 443 g/mol. The van der Waals surface area contributed by atoms with Gasteiger partial charge in [-0.05, 0) is 53.8 Å². The van der Waals surface area contributed by atoms with Crippen molar-refractivity contribution in [3.63, 3.8) is 0 Å². The van der Waals surface area contributed by atoms with Gasteiger partial charge in [0.25, 0.3) is 0 Å². The van der Waals surface area contributed by atoms with Crippen LogP contribution in [-0.2, 0) is 27.6 Å². The summed E-state index contributed by atoms with van der Waals surface area (Å²) in [6, 6.07) is 11.0. The molecule has 1 N–H and O–H groups in total.